The Morgan fingerprint density at radius 1 is 0.473 bits per heavy atom. The van der Waals surface area contributed by atoms with E-state index in [2.05, 4.69) is 167 Å². The molecular formula is C50H38IN3O. The number of halogens is 1. The van der Waals surface area contributed by atoms with Gasteiger partial charge in [0, 0.05) is 11.1 Å². The Balaban J connectivity index is 0.980. The second kappa shape index (κ2) is 14.6. The van der Waals surface area contributed by atoms with Crippen LogP contribution >= 0.6 is 19.8 Å². The fourth-order valence-electron chi connectivity index (χ4n) is 7.73. The number of aromatic nitrogens is 2. The van der Waals surface area contributed by atoms with E-state index in [0.717, 1.165) is 41.8 Å². The van der Waals surface area contributed by atoms with Gasteiger partial charge in [-0.25, -0.2) is 0 Å². The van der Waals surface area contributed by atoms with E-state index in [9.17, 15) is 0 Å². The minimum absolute atomic E-state index is 0.510. The first kappa shape index (κ1) is 33.5. The molecule has 0 unspecified atom stereocenters. The van der Waals surface area contributed by atoms with Crippen LogP contribution < -0.4 is 4.90 Å². The van der Waals surface area contributed by atoms with Gasteiger partial charge in [-0.15, -0.1) is 10.2 Å². The maximum absolute atomic E-state index is 6.06. The third kappa shape index (κ3) is 6.48. The number of allylic oxidation sites excluding steroid dienone is 8. The SMILES string of the molecule is C1=CCCC(N(c2ccc(-c3ccc4c(c3)-c3cc(-c5ccccc5)ccc3I4C3=CC=CCC3)cc2)c2ccc(-c3nnc(-c4ccccc4)o3)cc2)=C1. The summed E-state index contributed by atoms with van der Waals surface area (Å²) in [6.45, 7) is 0. The van der Waals surface area contributed by atoms with E-state index in [1.54, 1.807) is 10.7 Å². The second-order valence-corrected chi connectivity index (χ2v) is 19.3. The van der Waals surface area contributed by atoms with Crippen LogP contribution in [0.5, 0.6) is 0 Å². The van der Waals surface area contributed by atoms with Crippen LogP contribution in [0.2, 0.25) is 0 Å². The van der Waals surface area contributed by atoms with Crippen molar-refractivity contribution in [3.8, 4) is 56.3 Å². The quantitative estimate of drug-likeness (QED) is 0.143. The molecule has 0 spiro atoms. The molecule has 0 fully saturated rings. The molecule has 6 aromatic carbocycles. The monoisotopic (exact) mass is 823 g/mol. The first-order valence-electron chi connectivity index (χ1n) is 18.9. The molecule has 1 aromatic heterocycles. The topological polar surface area (TPSA) is 42.2 Å². The van der Waals surface area contributed by atoms with Crippen molar-refractivity contribution in [1.82, 2.24) is 10.2 Å². The van der Waals surface area contributed by atoms with Crippen molar-refractivity contribution >= 4 is 31.2 Å². The zero-order valence-corrected chi connectivity index (χ0v) is 32.4. The van der Waals surface area contributed by atoms with Crippen molar-refractivity contribution in [1.29, 1.82) is 0 Å². The Labute approximate surface area is 329 Å². The summed E-state index contributed by atoms with van der Waals surface area (Å²) in [5, 5.41) is 8.65. The average molecular weight is 824 g/mol. The van der Waals surface area contributed by atoms with Crippen LogP contribution in [0, 0.1) is 7.14 Å². The molecule has 2 heterocycles. The predicted octanol–water partition coefficient (Wildman–Crippen LogP) is 13.9. The molecule has 0 radical (unpaired) electrons. The fraction of sp³-hybridized carbons (Fsp3) is 0.0800. The summed E-state index contributed by atoms with van der Waals surface area (Å²) in [6, 6.07) is 52.7. The Bertz CT molecular complexity index is 2640. The number of anilines is 2. The van der Waals surface area contributed by atoms with Crippen molar-refractivity contribution in [2.75, 3.05) is 4.90 Å². The van der Waals surface area contributed by atoms with Crippen LogP contribution in [0.3, 0.4) is 0 Å². The van der Waals surface area contributed by atoms with Crippen LogP contribution in [0.15, 0.2) is 196 Å². The maximum atomic E-state index is 6.06. The number of rotatable bonds is 8. The van der Waals surface area contributed by atoms with Crippen molar-refractivity contribution in [2.24, 2.45) is 0 Å². The molecule has 0 saturated carbocycles. The molecule has 7 aromatic rings. The average Bonchev–Trinajstić information content (AvgIpc) is 3.89. The number of fused-ring (bicyclic) bond motifs is 3. The number of benzene rings is 6. The summed E-state index contributed by atoms with van der Waals surface area (Å²) in [4.78, 5) is 2.37. The number of nitrogens with zero attached hydrogens (tertiary/aromatic N) is 3. The van der Waals surface area contributed by atoms with E-state index in [1.165, 1.54) is 45.5 Å². The van der Waals surface area contributed by atoms with Crippen LogP contribution in [-0.2, 0) is 0 Å². The molecule has 0 bridgehead atoms. The molecule has 266 valence electrons. The summed E-state index contributed by atoms with van der Waals surface area (Å²) in [7, 11) is 0. The third-order valence-electron chi connectivity index (χ3n) is 10.5. The molecule has 0 saturated heterocycles. The van der Waals surface area contributed by atoms with Gasteiger partial charge < -0.3 is 4.42 Å². The van der Waals surface area contributed by atoms with Crippen molar-refractivity contribution in [3.63, 3.8) is 0 Å². The zero-order chi connectivity index (χ0) is 36.6. The van der Waals surface area contributed by atoms with Crippen LogP contribution in [0.4, 0.5) is 11.4 Å². The molecule has 10 rings (SSSR count). The van der Waals surface area contributed by atoms with Crippen molar-refractivity contribution in [2.45, 2.75) is 25.7 Å². The molecule has 5 heteroatoms. The van der Waals surface area contributed by atoms with Gasteiger partial charge in [0.05, 0.1) is 0 Å². The summed E-state index contributed by atoms with van der Waals surface area (Å²) < 4.78 is 10.9. The third-order valence-corrected chi connectivity index (χ3v) is 17.0. The molecule has 4 nitrogen and oxygen atoms in total. The predicted molar refractivity (Wildman–Crippen MR) is 234 cm³/mol. The summed E-state index contributed by atoms with van der Waals surface area (Å²) in [5.74, 6) is 1.03. The number of hydrogen-bond acceptors (Lipinski definition) is 4. The van der Waals surface area contributed by atoms with Crippen LogP contribution in [0.25, 0.3) is 56.3 Å². The summed E-state index contributed by atoms with van der Waals surface area (Å²) >= 11 is -1.75. The first-order valence-corrected chi connectivity index (χ1v) is 22.2. The van der Waals surface area contributed by atoms with Crippen molar-refractivity contribution in [3.05, 3.63) is 198 Å². The molecule has 55 heavy (non-hydrogen) atoms. The van der Waals surface area contributed by atoms with Gasteiger partial charge >= 0.3 is 257 Å². The van der Waals surface area contributed by atoms with Gasteiger partial charge in [0.1, 0.15) is 0 Å². The molecule has 3 aliphatic rings. The summed E-state index contributed by atoms with van der Waals surface area (Å²) in [5.41, 5.74) is 13.1. The van der Waals surface area contributed by atoms with E-state index in [1.807, 2.05) is 30.3 Å². The normalized spacial score (nSPS) is 14.9. The fourth-order valence-corrected chi connectivity index (χ4v) is 14.4. The van der Waals surface area contributed by atoms with Gasteiger partial charge in [-0.3, -0.25) is 0 Å². The van der Waals surface area contributed by atoms with E-state index >= 15 is 0 Å². The van der Waals surface area contributed by atoms with Gasteiger partial charge in [-0.1, -0.05) is 24.3 Å². The van der Waals surface area contributed by atoms with E-state index < -0.39 is 19.8 Å². The van der Waals surface area contributed by atoms with Gasteiger partial charge in [0.25, 0.3) is 0 Å². The molecule has 0 N–H and O–H groups in total. The molecule has 1 aliphatic heterocycles. The molecular weight excluding hydrogens is 785 g/mol. The molecule has 0 amide bonds. The second-order valence-electron chi connectivity index (χ2n) is 14.0. The van der Waals surface area contributed by atoms with Crippen molar-refractivity contribution < 1.29 is 4.42 Å². The molecule has 0 atom stereocenters. The van der Waals surface area contributed by atoms with Gasteiger partial charge in [0.15, 0.2) is 0 Å². The first-order chi connectivity index (χ1) is 27.3. The van der Waals surface area contributed by atoms with Crippen LogP contribution in [-0.4, -0.2) is 10.2 Å². The van der Waals surface area contributed by atoms with Crippen LogP contribution in [0.1, 0.15) is 25.7 Å². The van der Waals surface area contributed by atoms with Gasteiger partial charge in [0.2, 0.25) is 11.8 Å². The minimum atomic E-state index is -1.75. The van der Waals surface area contributed by atoms with Gasteiger partial charge in [-0.05, 0) is 12.1 Å². The Morgan fingerprint density at radius 2 is 0.964 bits per heavy atom. The van der Waals surface area contributed by atoms with E-state index in [4.69, 9.17) is 4.42 Å². The Morgan fingerprint density at radius 3 is 1.51 bits per heavy atom. The standard InChI is InChI=1S/C50H38IN3O/c1-5-13-35(14-6-1)39-25-31-47-45(33-39)46-34-40(26-32-48(46)51(47)41-17-9-3-10-18-41)36-21-27-43(28-22-36)54(42-19-11-4-12-20-42)44-29-23-38(24-30-44)50-53-52-49(55-50)37-15-7-2-8-16-37/h1-9,11,13-17,19,21-34H,10,12,18,20H2. The van der Waals surface area contributed by atoms with Gasteiger partial charge in [-0.2, -0.15) is 0 Å². The Hall–Kier alpha value is -6.05. The Kier molecular flexibility index (Phi) is 8.92. The van der Waals surface area contributed by atoms with E-state index in [-0.39, 0.29) is 0 Å². The summed E-state index contributed by atoms with van der Waals surface area (Å²) in [6.07, 6.45) is 17.9. The molecule has 2 aliphatic carbocycles. The number of hydrogen-bond donors (Lipinski definition) is 0. The van der Waals surface area contributed by atoms with E-state index in [0.29, 0.717) is 11.8 Å². The zero-order valence-electron chi connectivity index (χ0n) is 30.3.